The average Bonchev–Trinajstić information content (AvgIpc) is 3.21. The van der Waals surface area contributed by atoms with Crippen LogP contribution in [0.2, 0.25) is 0 Å². The van der Waals surface area contributed by atoms with Crippen molar-refractivity contribution < 1.29 is 27.1 Å². The lowest BCUT2D eigenvalue weighted by Crippen LogP contribution is -2.19. The SMILES string of the molecule is COc1c(F)c(F)c(C(=O)Nc2cc3nn(-c4ccc(C(C)C)cc4)nc3cc2C)c(F)c1F. The van der Waals surface area contributed by atoms with Gasteiger partial charge in [0, 0.05) is 5.69 Å². The van der Waals surface area contributed by atoms with Gasteiger partial charge in [0.15, 0.2) is 17.4 Å². The van der Waals surface area contributed by atoms with Crippen molar-refractivity contribution in [2.45, 2.75) is 26.7 Å². The second-order valence-electron chi connectivity index (χ2n) is 8.01. The monoisotopic (exact) mass is 472 g/mol. The number of hydrogen-bond donors (Lipinski definition) is 1. The van der Waals surface area contributed by atoms with Gasteiger partial charge in [0.05, 0.1) is 12.8 Å². The van der Waals surface area contributed by atoms with Crippen molar-refractivity contribution in [3.05, 3.63) is 76.4 Å². The van der Waals surface area contributed by atoms with Crippen LogP contribution in [-0.4, -0.2) is 28.0 Å². The molecule has 176 valence electrons. The molecule has 0 saturated carbocycles. The average molecular weight is 472 g/mol. The number of nitrogens with zero attached hydrogens (tertiary/aromatic N) is 3. The van der Waals surface area contributed by atoms with Gasteiger partial charge < -0.3 is 10.1 Å². The number of halogens is 4. The van der Waals surface area contributed by atoms with E-state index in [9.17, 15) is 22.4 Å². The molecule has 1 aromatic heterocycles. The van der Waals surface area contributed by atoms with Gasteiger partial charge in [0.25, 0.3) is 5.91 Å². The van der Waals surface area contributed by atoms with Crippen LogP contribution < -0.4 is 10.1 Å². The van der Waals surface area contributed by atoms with Gasteiger partial charge in [-0.25, -0.2) is 8.78 Å². The Labute approximate surface area is 192 Å². The molecule has 4 aromatic rings. The van der Waals surface area contributed by atoms with Crippen molar-refractivity contribution in [3.63, 3.8) is 0 Å². The van der Waals surface area contributed by atoms with E-state index in [1.165, 1.54) is 10.9 Å². The number of ether oxygens (including phenoxy) is 1. The molecule has 1 heterocycles. The van der Waals surface area contributed by atoms with Crippen LogP contribution in [0.1, 0.15) is 41.3 Å². The van der Waals surface area contributed by atoms with Crippen LogP contribution in [-0.2, 0) is 0 Å². The van der Waals surface area contributed by atoms with E-state index >= 15 is 0 Å². The van der Waals surface area contributed by atoms with Crippen LogP contribution in [0, 0.1) is 30.2 Å². The van der Waals surface area contributed by atoms with Crippen LogP contribution in [0.5, 0.6) is 5.75 Å². The fraction of sp³-hybridized carbons (Fsp3) is 0.208. The van der Waals surface area contributed by atoms with Crippen molar-refractivity contribution in [1.29, 1.82) is 0 Å². The van der Waals surface area contributed by atoms with E-state index in [4.69, 9.17) is 0 Å². The van der Waals surface area contributed by atoms with Crippen molar-refractivity contribution in [2.24, 2.45) is 0 Å². The van der Waals surface area contributed by atoms with Gasteiger partial charge in [-0.05, 0) is 48.2 Å². The van der Waals surface area contributed by atoms with E-state index in [0.717, 1.165) is 18.4 Å². The largest absolute Gasteiger partial charge is 0.491 e. The van der Waals surface area contributed by atoms with E-state index in [2.05, 4.69) is 34.1 Å². The van der Waals surface area contributed by atoms with Crippen molar-refractivity contribution in [2.75, 3.05) is 12.4 Å². The highest BCUT2D eigenvalue weighted by molar-refractivity contribution is 6.06. The molecule has 0 spiro atoms. The second kappa shape index (κ2) is 8.77. The van der Waals surface area contributed by atoms with Crippen LogP contribution >= 0.6 is 0 Å². The Morgan fingerprint density at radius 2 is 1.50 bits per heavy atom. The number of benzene rings is 3. The maximum Gasteiger partial charge on any atom is 0.261 e. The van der Waals surface area contributed by atoms with Crippen LogP contribution in [0.4, 0.5) is 23.2 Å². The Balaban J connectivity index is 1.68. The smallest absolute Gasteiger partial charge is 0.261 e. The Morgan fingerprint density at radius 1 is 0.941 bits per heavy atom. The number of fused-ring (bicyclic) bond motifs is 1. The molecule has 1 N–H and O–H groups in total. The number of aryl methyl sites for hydroxylation is 1. The molecule has 0 radical (unpaired) electrons. The Kier molecular flexibility index (Phi) is 5.99. The first-order chi connectivity index (χ1) is 16.1. The van der Waals surface area contributed by atoms with Gasteiger partial charge in [-0.15, -0.1) is 10.2 Å². The predicted octanol–water partition coefficient (Wildman–Crippen LogP) is 5.67. The maximum absolute atomic E-state index is 14.3. The van der Waals surface area contributed by atoms with Crippen LogP contribution in [0.25, 0.3) is 16.7 Å². The quantitative estimate of drug-likeness (QED) is 0.300. The predicted molar refractivity (Wildman–Crippen MR) is 118 cm³/mol. The van der Waals surface area contributed by atoms with E-state index in [1.54, 1.807) is 13.0 Å². The number of carbonyl (C=O) groups excluding carboxylic acids is 1. The van der Waals surface area contributed by atoms with Gasteiger partial charge in [0.2, 0.25) is 11.6 Å². The number of anilines is 1. The highest BCUT2D eigenvalue weighted by Crippen LogP contribution is 2.31. The van der Waals surface area contributed by atoms with E-state index < -0.39 is 40.5 Å². The molecule has 34 heavy (non-hydrogen) atoms. The summed E-state index contributed by atoms with van der Waals surface area (Å²) in [7, 11) is 0.852. The summed E-state index contributed by atoms with van der Waals surface area (Å²) in [6.07, 6.45) is 0. The molecule has 0 unspecified atom stereocenters. The number of methoxy groups -OCH3 is 1. The summed E-state index contributed by atoms with van der Waals surface area (Å²) in [6, 6.07) is 10.8. The summed E-state index contributed by atoms with van der Waals surface area (Å²) in [5.41, 5.74) is 2.03. The zero-order valence-electron chi connectivity index (χ0n) is 18.7. The number of carbonyl (C=O) groups is 1. The third-order valence-electron chi connectivity index (χ3n) is 5.42. The molecule has 0 fully saturated rings. The summed E-state index contributed by atoms with van der Waals surface area (Å²) in [5.74, 6) is -9.56. The summed E-state index contributed by atoms with van der Waals surface area (Å²) in [5, 5.41) is 11.1. The molecular weight excluding hydrogens is 452 g/mol. The zero-order valence-corrected chi connectivity index (χ0v) is 18.7. The fourth-order valence-corrected chi connectivity index (χ4v) is 3.49. The first-order valence-corrected chi connectivity index (χ1v) is 10.3. The number of aromatic nitrogens is 3. The molecule has 0 aliphatic rings. The molecule has 3 aromatic carbocycles. The minimum atomic E-state index is -1.86. The first-order valence-electron chi connectivity index (χ1n) is 10.3. The fourth-order valence-electron chi connectivity index (χ4n) is 3.49. The summed E-state index contributed by atoms with van der Waals surface area (Å²) < 4.78 is 61.0. The van der Waals surface area contributed by atoms with Gasteiger partial charge in [0.1, 0.15) is 16.6 Å². The molecule has 0 aliphatic heterocycles. The van der Waals surface area contributed by atoms with Crippen LogP contribution in [0.15, 0.2) is 36.4 Å². The Morgan fingerprint density at radius 3 is 2.03 bits per heavy atom. The van der Waals surface area contributed by atoms with E-state index in [1.807, 2.05) is 24.3 Å². The molecule has 1 amide bonds. The Bertz CT molecular complexity index is 1390. The van der Waals surface area contributed by atoms with Crippen LogP contribution in [0.3, 0.4) is 0 Å². The third-order valence-corrected chi connectivity index (χ3v) is 5.42. The molecule has 0 atom stereocenters. The van der Waals surface area contributed by atoms with E-state index in [-0.39, 0.29) is 5.69 Å². The molecule has 10 heteroatoms. The number of rotatable bonds is 5. The van der Waals surface area contributed by atoms with Gasteiger partial charge >= 0.3 is 0 Å². The third kappa shape index (κ3) is 3.95. The Hall–Kier alpha value is -3.95. The summed E-state index contributed by atoms with van der Waals surface area (Å²) in [6.45, 7) is 5.80. The normalized spacial score (nSPS) is 11.3. The highest BCUT2D eigenvalue weighted by atomic mass is 19.2. The molecule has 0 bridgehead atoms. The van der Waals surface area contributed by atoms with Crippen molar-refractivity contribution in [3.8, 4) is 11.4 Å². The number of nitrogens with one attached hydrogen (secondary N) is 1. The first kappa shape index (κ1) is 23.2. The molecular formula is C24H20F4N4O2. The minimum absolute atomic E-state index is 0.148. The molecule has 4 rings (SSSR count). The molecule has 0 aliphatic carbocycles. The summed E-state index contributed by atoms with van der Waals surface area (Å²) in [4.78, 5) is 14.0. The lowest BCUT2D eigenvalue weighted by Gasteiger charge is -2.12. The van der Waals surface area contributed by atoms with Crippen molar-refractivity contribution >= 4 is 22.6 Å². The number of amides is 1. The van der Waals surface area contributed by atoms with Crippen molar-refractivity contribution in [1.82, 2.24) is 15.0 Å². The van der Waals surface area contributed by atoms with Gasteiger partial charge in [-0.3, -0.25) is 4.79 Å². The zero-order chi connectivity index (χ0) is 24.7. The number of hydrogen-bond acceptors (Lipinski definition) is 4. The maximum atomic E-state index is 14.3. The second-order valence-corrected chi connectivity index (χ2v) is 8.01. The standard InChI is InChI=1S/C24H20F4N4O2/c1-11(2)13-5-7-14(8-6-13)32-30-16-9-12(3)15(10-17(16)31-32)29-24(33)18-19(25)21(27)23(34-4)22(28)20(18)26/h5-11H,1-4H3,(H,29,33). The lowest BCUT2D eigenvalue weighted by atomic mass is 10.0. The topological polar surface area (TPSA) is 69.0 Å². The van der Waals surface area contributed by atoms with Gasteiger partial charge in [-0.1, -0.05) is 26.0 Å². The summed E-state index contributed by atoms with van der Waals surface area (Å²) >= 11 is 0. The van der Waals surface area contributed by atoms with Gasteiger partial charge in [-0.2, -0.15) is 13.6 Å². The molecule has 0 saturated heterocycles. The van der Waals surface area contributed by atoms with E-state index in [0.29, 0.717) is 22.5 Å². The molecule has 6 nitrogen and oxygen atoms in total. The minimum Gasteiger partial charge on any atom is -0.491 e. The lowest BCUT2D eigenvalue weighted by molar-refractivity contribution is 0.101. The highest BCUT2D eigenvalue weighted by Gasteiger charge is 2.30.